The van der Waals surface area contributed by atoms with Gasteiger partial charge in [0.1, 0.15) is 0 Å². The number of nitrogens with zero attached hydrogens (tertiary/aromatic N) is 2. The molecule has 2 heteroatoms. The van der Waals surface area contributed by atoms with Crippen molar-refractivity contribution in [2.75, 3.05) is 0 Å². The molecule has 0 radical (unpaired) electrons. The lowest BCUT2D eigenvalue weighted by atomic mass is 9.83. The van der Waals surface area contributed by atoms with Crippen molar-refractivity contribution in [2.24, 2.45) is 0 Å². The fraction of sp³-hybridized carbons (Fsp3) is 0.111. The summed E-state index contributed by atoms with van der Waals surface area (Å²) in [4.78, 5) is 10.3. The molecule has 7 rings (SSSR count). The van der Waals surface area contributed by atoms with E-state index in [1.54, 1.807) is 0 Å². The Bertz CT molecular complexity index is 1820. The fourth-order valence-electron chi connectivity index (χ4n) is 5.85. The Morgan fingerprint density at radius 1 is 0.711 bits per heavy atom. The third kappa shape index (κ3) is 3.90. The minimum atomic E-state index is 0.832. The maximum atomic E-state index is 5.13. The van der Waals surface area contributed by atoms with Crippen LogP contribution in [0.2, 0.25) is 0 Å². The summed E-state index contributed by atoms with van der Waals surface area (Å²) in [6.45, 7) is 3.99. The topological polar surface area (TPSA) is 25.8 Å². The molecule has 0 aliphatic heterocycles. The largest absolute Gasteiger partial charge is 0.228 e. The summed E-state index contributed by atoms with van der Waals surface area (Å²) in [7, 11) is 0. The fourth-order valence-corrected chi connectivity index (χ4v) is 5.85. The predicted octanol–water partition coefficient (Wildman–Crippen LogP) is 9.31. The molecule has 0 bridgehead atoms. The molecule has 2 aliphatic rings. The van der Waals surface area contributed by atoms with Crippen molar-refractivity contribution in [3.8, 4) is 11.3 Å². The van der Waals surface area contributed by atoms with Gasteiger partial charge in [-0.2, -0.15) is 0 Å². The molecule has 0 atom stereocenters. The van der Waals surface area contributed by atoms with Gasteiger partial charge in [0.05, 0.1) is 11.4 Å². The molecule has 0 saturated heterocycles. The van der Waals surface area contributed by atoms with Crippen molar-refractivity contribution in [3.63, 3.8) is 0 Å². The van der Waals surface area contributed by atoms with Crippen LogP contribution in [0.3, 0.4) is 0 Å². The summed E-state index contributed by atoms with van der Waals surface area (Å²) in [6, 6.07) is 28.1. The van der Waals surface area contributed by atoms with E-state index in [-0.39, 0.29) is 0 Å². The maximum absolute atomic E-state index is 5.13. The lowest BCUT2D eigenvalue weighted by Gasteiger charge is -2.22. The van der Waals surface area contributed by atoms with Gasteiger partial charge in [-0.05, 0) is 93.3 Å². The molecule has 2 aliphatic carbocycles. The summed E-state index contributed by atoms with van der Waals surface area (Å²) in [6.07, 6.45) is 15.0. The number of aromatic nitrogens is 2. The normalized spacial score (nSPS) is 14.7. The zero-order valence-electron chi connectivity index (χ0n) is 21.3. The van der Waals surface area contributed by atoms with Crippen LogP contribution in [0.5, 0.6) is 0 Å². The van der Waals surface area contributed by atoms with Gasteiger partial charge in [0.15, 0.2) is 5.82 Å². The van der Waals surface area contributed by atoms with Crippen molar-refractivity contribution in [3.05, 3.63) is 132 Å². The van der Waals surface area contributed by atoms with Crippen LogP contribution < -0.4 is 0 Å². The zero-order chi connectivity index (χ0) is 25.5. The van der Waals surface area contributed by atoms with E-state index in [4.69, 9.17) is 9.97 Å². The van der Waals surface area contributed by atoms with Crippen LogP contribution in [0.4, 0.5) is 0 Å². The van der Waals surface area contributed by atoms with Crippen LogP contribution in [0.15, 0.2) is 104 Å². The van der Waals surface area contributed by atoms with E-state index in [0.717, 1.165) is 54.0 Å². The van der Waals surface area contributed by atoms with Gasteiger partial charge in [0.25, 0.3) is 0 Å². The summed E-state index contributed by atoms with van der Waals surface area (Å²) >= 11 is 0. The first kappa shape index (κ1) is 22.6. The molecule has 0 fully saturated rings. The average Bonchev–Trinajstić information content (AvgIpc) is 3.01. The highest BCUT2D eigenvalue weighted by molar-refractivity contribution is 6.14. The Kier molecular flexibility index (Phi) is 5.59. The molecule has 0 unspecified atom stereocenters. The molecular weight excluding hydrogens is 460 g/mol. The Balaban J connectivity index is 1.44. The second kappa shape index (κ2) is 9.39. The van der Waals surface area contributed by atoms with Crippen molar-refractivity contribution >= 4 is 44.8 Å². The van der Waals surface area contributed by atoms with Crippen LogP contribution in [-0.2, 0) is 6.42 Å². The highest BCUT2D eigenvalue weighted by Gasteiger charge is 2.21. The minimum absolute atomic E-state index is 0.832. The average molecular weight is 489 g/mol. The summed E-state index contributed by atoms with van der Waals surface area (Å²) in [5.41, 5.74) is 9.33. The van der Waals surface area contributed by atoms with Gasteiger partial charge in [-0.15, -0.1) is 0 Å². The quantitative estimate of drug-likeness (QED) is 0.236. The summed E-state index contributed by atoms with van der Waals surface area (Å²) in [5.74, 6) is 0.832. The van der Waals surface area contributed by atoms with Gasteiger partial charge in [-0.25, -0.2) is 9.97 Å². The van der Waals surface area contributed by atoms with Gasteiger partial charge in [0, 0.05) is 5.56 Å². The van der Waals surface area contributed by atoms with Crippen molar-refractivity contribution in [1.29, 1.82) is 0 Å². The minimum Gasteiger partial charge on any atom is -0.228 e. The number of fused-ring (bicyclic) bond motifs is 6. The molecule has 0 saturated carbocycles. The van der Waals surface area contributed by atoms with E-state index in [2.05, 4.69) is 104 Å². The highest BCUT2D eigenvalue weighted by atomic mass is 14.9. The third-order valence-corrected chi connectivity index (χ3v) is 7.77. The smallest absolute Gasteiger partial charge is 0.156 e. The number of hydrogen-bond acceptors (Lipinski definition) is 2. The van der Waals surface area contributed by atoms with Gasteiger partial charge in [0.2, 0.25) is 0 Å². The summed E-state index contributed by atoms with van der Waals surface area (Å²) in [5, 5.41) is 5.19. The van der Waals surface area contributed by atoms with Crippen molar-refractivity contribution in [1.82, 2.24) is 9.97 Å². The number of hydrogen-bond donors (Lipinski definition) is 0. The molecule has 0 amide bonds. The first-order chi connectivity index (χ1) is 18.8. The summed E-state index contributed by atoms with van der Waals surface area (Å²) < 4.78 is 0. The van der Waals surface area contributed by atoms with Gasteiger partial charge >= 0.3 is 0 Å². The SMILES string of the molecule is C=Cc1ccc2c3c(c4ccccc4c2c1)C=C(c1nc(C2=CCCC=C2)cc(-c2ccccc2)n1)CC3. The molecule has 182 valence electrons. The molecule has 0 spiro atoms. The van der Waals surface area contributed by atoms with Gasteiger partial charge in [-0.1, -0.05) is 97.6 Å². The predicted molar refractivity (Wildman–Crippen MR) is 162 cm³/mol. The lowest BCUT2D eigenvalue weighted by molar-refractivity contribution is 0.977. The molecule has 0 N–H and O–H groups in total. The highest BCUT2D eigenvalue weighted by Crippen LogP contribution is 2.40. The first-order valence-electron chi connectivity index (χ1n) is 13.4. The van der Waals surface area contributed by atoms with Gasteiger partial charge in [-0.3, -0.25) is 0 Å². The number of rotatable bonds is 4. The standard InChI is InChI=1S/C36H28N2/c1-2-24-17-19-30-31-20-18-27(22-33(31)29-16-10-9-15-28(29)32(30)21-24)36-37-34(25-11-5-3-6-12-25)23-35(38-36)26-13-7-4-8-14-26/h2-3,5-7,9-17,19,21-23H,1,4,8,18,20H2. The Morgan fingerprint density at radius 3 is 2.34 bits per heavy atom. The second-order valence-electron chi connectivity index (χ2n) is 10.1. The molecule has 1 heterocycles. The monoisotopic (exact) mass is 488 g/mol. The van der Waals surface area contributed by atoms with E-state index in [9.17, 15) is 0 Å². The third-order valence-electron chi connectivity index (χ3n) is 7.77. The van der Waals surface area contributed by atoms with Crippen LogP contribution in [0.25, 0.3) is 56.1 Å². The molecule has 5 aromatic rings. The van der Waals surface area contributed by atoms with Crippen LogP contribution in [0, 0.1) is 0 Å². The Labute approximate surface area is 223 Å². The maximum Gasteiger partial charge on any atom is 0.156 e. The molecule has 38 heavy (non-hydrogen) atoms. The number of allylic oxidation sites excluding steroid dienone is 5. The Morgan fingerprint density at radius 2 is 1.53 bits per heavy atom. The molecule has 2 nitrogen and oxygen atoms in total. The molecular formula is C36H28N2. The van der Waals surface area contributed by atoms with Crippen molar-refractivity contribution < 1.29 is 0 Å². The molecule has 1 aromatic heterocycles. The lowest BCUT2D eigenvalue weighted by Crippen LogP contribution is -2.06. The first-order valence-corrected chi connectivity index (χ1v) is 13.4. The van der Waals surface area contributed by atoms with E-state index < -0.39 is 0 Å². The van der Waals surface area contributed by atoms with Crippen LogP contribution >= 0.6 is 0 Å². The Hall–Kier alpha value is -4.56. The van der Waals surface area contributed by atoms with E-state index in [1.165, 1.54) is 43.8 Å². The van der Waals surface area contributed by atoms with E-state index >= 15 is 0 Å². The van der Waals surface area contributed by atoms with E-state index in [0.29, 0.717) is 0 Å². The van der Waals surface area contributed by atoms with Crippen LogP contribution in [0.1, 0.15) is 47.5 Å². The second-order valence-corrected chi connectivity index (χ2v) is 10.1. The molecule has 4 aromatic carbocycles. The van der Waals surface area contributed by atoms with Crippen LogP contribution in [-0.4, -0.2) is 9.97 Å². The van der Waals surface area contributed by atoms with Crippen molar-refractivity contribution in [2.45, 2.75) is 25.7 Å². The number of benzene rings is 4. The zero-order valence-corrected chi connectivity index (χ0v) is 21.3. The number of aryl methyl sites for hydroxylation is 1. The van der Waals surface area contributed by atoms with Gasteiger partial charge < -0.3 is 0 Å². The van der Waals surface area contributed by atoms with E-state index in [1.807, 2.05) is 12.1 Å².